The molecule has 4 rings (SSSR count). The quantitative estimate of drug-likeness (QED) is 0.759. The Morgan fingerprint density at radius 2 is 1.86 bits per heavy atom. The fraction of sp³-hybridized carbons (Fsp3) is 0.381. The van der Waals surface area contributed by atoms with E-state index in [1.54, 1.807) is 23.1 Å². The summed E-state index contributed by atoms with van der Waals surface area (Å²) in [4.78, 5) is 40.5. The molecule has 2 atom stereocenters. The van der Waals surface area contributed by atoms with E-state index in [2.05, 4.69) is 5.32 Å². The Labute approximate surface area is 167 Å². The van der Waals surface area contributed by atoms with Crippen molar-refractivity contribution in [3.8, 4) is 0 Å². The minimum absolute atomic E-state index is 0.159. The molecule has 0 radical (unpaired) electrons. The molecule has 28 heavy (non-hydrogen) atoms. The van der Waals surface area contributed by atoms with Gasteiger partial charge in [0.25, 0.3) is 11.8 Å². The van der Waals surface area contributed by atoms with Crippen LogP contribution in [0.2, 0.25) is 0 Å². The number of hydrogen-bond donors (Lipinski definition) is 1. The first-order valence-electron chi connectivity index (χ1n) is 9.54. The first-order chi connectivity index (χ1) is 13.6. The monoisotopic (exact) mass is 398 g/mol. The van der Waals surface area contributed by atoms with Crippen LogP contribution in [0, 0.1) is 0 Å². The molecule has 1 aliphatic heterocycles. The highest BCUT2D eigenvalue weighted by Gasteiger charge is 2.39. The number of nitrogens with one attached hydrogen (secondary N) is 1. The second-order valence-corrected chi connectivity index (χ2v) is 8.09. The number of esters is 1. The summed E-state index contributed by atoms with van der Waals surface area (Å²) in [5.41, 5.74) is 0.628. The van der Waals surface area contributed by atoms with E-state index in [4.69, 9.17) is 4.74 Å². The number of hydrogen-bond acceptors (Lipinski definition) is 5. The van der Waals surface area contributed by atoms with Gasteiger partial charge in [-0.1, -0.05) is 36.4 Å². The molecule has 2 aliphatic rings. The summed E-state index contributed by atoms with van der Waals surface area (Å²) in [7, 11) is 0. The minimum atomic E-state index is -1.01. The lowest BCUT2D eigenvalue weighted by molar-refractivity contribution is -0.160. The van der Waals surface area contributed by atoms with E-state index in [-0.39, 0.29) is 17.9 Å². The third kappa shape index (κ3) is 4.09. The normalized spacial score (nSPS) is 19.9. The molecule has 1 aromatic carbocycles. The van der Waals surface area contributed by atoms with Crippen molar-refractivity contribution < 1.29 is 19.1 Å². The molecule has 1 aliphatic carbocycles. The molecular formula is C21H22N2O4S. The van der Waals surface area contributed by atoms with Crippen LogP contribution in [0.4, 0.5) is 0 Å². The van der Waals surface area contributed by atoms with Crippen LogP contribution in [0.1, 0.15) is 47.0 Å². The number of rotatable bonds is 6. The zero-order valence-electron chi connectivity index (χ0n) is 15.4. The van der Waals surface area contributed by atoms with Crippen LogP contribution in [0.5, 0.6) is 0 Å². The Morgan fingerprint density at radius 3 is 2.54 bits per heavy atom. The number of ether oxygens (including phenoxy) is 1. The average Bonchev–Trinajstić information content (AvgIpc) is 3.17. The van der Waals surface area contributed by atoms with E-state index in [0.717, 1.165) is 19.3 Å². The van der Waals surface area contributed by atoms with Crippen molar-refractivity contribution in [1.82, 2.24) is 10.2 Å². The summed E-state index contributed by atoms with van der Waals surface area (Å²) in [6, 6.07) is 12.1. The molecule has 1 N–H and O–H groups in total. The number of nitrogens with zero attached hydrogens (tertiary/aromatic N) is 1. The standard InChI is InChI=1S/C21H22N2O4S/c24-19(22-15-10-11-15)18(14-6-2-1-3-7-14)27-21(26)16-8-4-12-23(16)20(25)17-9-5-13-28-17/h1-3,5-7,9,13,15-16,18H,4,8,10-12H2,(H,22,24)/t16-,18-/m0/s1. The topological polar surface area (TPSA) is 75.7 Å². The Morgan fingerprint density at radius 1 is 1.07 bits per heavy atom. The first kappa shape index (κ1) is 18.7. The van der Waals surface area contributed by atoms with Gasteiger partial charge in [-0.25, -0.2) is 4.79 Å². The lowest BCUT2D eigenvalue weighted by Crippen LogP contribution is -2.43. The summed E-state index contributed by atoms with van der Waals surface area (Å²) in [6.07, 6.45) is 2.18. The van der Waals surface area contributed by atoms with E-state index in [1.807, 2.05) is 29.6 Å². The molecule has 7 heteroatoms. The van der Waals surface area contributed by atoms with Gasteiger partial charge in [-0.15, -0.1) is 11.3 Å². The van der Waals surface area contributed by atoms with Gasteiger partial charge in [0.05, 0.1) is 4.88 Å². The van der Waals surface area contributed by atoms with Crippen molar-refractivity contribution in [2.75, 3.05) is 6.54 Å². The highest BCUT2D eigenvalue weighted by atomic mass is 32.1. The first-order valence-corrected chi connectivity index (χ1v) is 10.4. The smallest absolute Gasteiger partial charge is 0.329 e. The Balaban J connectivity index is 1.50. The molecular weight excluding hydrogens is 376 g/mol. The Kier molecular flexibility index (Phi) is 5.43. The number of carbonyl (C=O) groups excluding carboxylic acids is 3. The van der Waals surface area contributed by atoms with Gasteiger partial charge in [0.2, 0.25) is 6.10 Å². The largest absolute Gasteiger partial charge is 0.446 e. The molecule has 0 bridgehead atoms. The Bertz CT molecular complexity index is 849. The molecule has 1 aromatic heterocycles. The van der Waals surface area contributed by atoms with Gasteiger partial charge >= 0.3 is 5.97 Å². The number of thiophene rings is 1. The van der Waals surface area contributed by atoms with Gasteiger partial charge in [-0.05, 0) is 37.1 Å². The van der Waals surface area contributed by atoms with Crippen molar-refractivity contribution in [1.29, 1.82) is 0 Å². The minimum Gasteiger partial charge on any atom is -0.446 e. The third-order valence-corrected chi connectivity index (χ3v) is 5.87. The van der Waals surface area contributed by atoms with Crippen molar-refractivity contribution in [3.05, 3.63) is 58.3 Å². The predicted octanol–water partition coefficient (Wildman–Crippen LogP) is 2.92. The maximum Gasteiger partial charge on any atom is 0.329 e. The molecule has 146 valence electrons. The molecule has 2 heterocycles. The number of carbonyl (C=O) groups is 3. The van der Waals surface area contributed by atoms with Gasteiger partial charge < -0.3 is 15.0 Å². The van der Waals surface area contributed by atoms with Crippen LogP contribution in [0.25, 0.3) is 0 Å². The summed E-state index contributed by atoms with van der Waals surface area (Å²) >= 11 is 1.35. The van der Waals surface area contributed by atoms with E-state index >= 15 is 0 Å². The molecule has 0 spiro atoms. The molecule has 6 nitrogen and oxygen atoms in total. The van der Waals surface area contributed by atoms with Crippen LogP contribution in [-0.2, 0) is 14.3 Å². The van der Waals surface area contributed by atoms with Gasteiger partial charge in [0.1, 0.15) is 6.04 Å². The van der Waals surface area contributed by atoms with E-state index in [9.17, 15) is 14.4 Å². The number of likely N-dealkylation sites (tertiary alicyclic amines) is 1. The highest BCUT2D eigenvalue weighted by Crippen LogP contribution is 2.27. The fourth-order valence-electron chi connectivity index (χ4n) is 3.40. The van der Waals surface area contributed by atoms with Crippen LogP contribution in [0.3, 0.4) is 0 Å². The predicted molar refractivity (Wildman–Crippen MR) is 105 cm³/mol. The maximum absolute atomic E-state index is 12.9. The van der Waals surface area contributed by atoms with Gasteiger partial charge in [0.15, 0.2) is 0 Å². The molecule has 2 amide bonds. The zero-order chi connectivity index (χ0) is 19.5. The van der Waals surface area contributed by atoms with Crippen LogP contribution >= 0.6 is 11.3 Å². The zero-order valence-corrected chi connectivity index (χ0v) is 16.2. The van der Waals surface area contributed by atoms with Crippen LogP contribution in [-0.4, -0.2) is 41.3 Å². The van der Waals surface area contributed by atoms with E-state index in [1.165, 1.54) is 11.3 Å². The molecule has 2 aromatic rings. The number of amides is 2. The SMILES string of the molecule is O=C(NC1CC1)[C@@H](OC(=O)[C@@H]1CCCN1C(=O)c1cccs1)c1ccccc1. The Hall–Kier alpha value is -2.67. The van der Waals surface area contributed by atoms with Crippen molar-refractivity contribution in [3.63, 3.8) is 0 Å². The molecule has 1 saturated heterocycles. The summed E-state index contributed by atoms with van der Waals surface area (Å²) < 4.78 is 5.67. The second kappa shape index (κ2) is 8.14. The summed E-state index contributed by atoms with van der Waals surface area (Å²) in [6.45, 7) is 0.515. The van der Waals surface area contributed by atoms with Crippen molar-refractivity contribution in [2.24, 2.45) is 0 Å². The maximum atomic E-state index is 12.9. The van der Waals surface area contributed by atoms with Crippen molar-refractivity contribution >= 4 is 29.1 Å². The summed E-state index contributed by atoms with van der Waals surface area (Å²) in [5, 5.41) is 4.75. The van der Waals surface area contributed by atoms with Gasteiger partial charge in [-0.2, -0.15) is 0 Å². The van der Waals surface area contributed by atoms with E-state index < -0.39 is 18.1 Å². The molecule has 0 unspecified atom stereocenters. The number of benzene rings is 1. The highest BCUT2D eigenvalue weighted by molar-refractivity contribution is 7.12. The average molecular weight is 398 g/mol. The van der Waals surface area contributed by atoms with E-state index in [0.29, 0.717) is 23.4 Å². The third-order valence-electron chi connectivity index (χ3n) is 5.02. The summed E-state index contributed by atoms with van der Waals surface area (Å²) in [5.74, 6) is -0.994. The molecule has 2 fully saturated rings. The molecule has 1 saturated carbocycles. The van der Waals surface area contributed by atoms with Crippen LogP contribution in [0.15, 0.2) is 47.8 Å². The lowest BCUT2D eigenvalue weighted by atomic mass is 10.1. The van der Waals surface area contributed by atoms with Crippen LogP contribution < -0.4 is 5.32 Å². The van der Waals surface area contributed by atoms with Crippen molar-refractivity contribution in [2.45, 2.75) is 43.9 Å². The van der Waals surface area contributed by atoms with Gasteiger partial charge in [-0.3, -0.25) is 9.59 Å². The second-order valence-electron chi connectivity index (χ2n) is 7.14. The lowest BCUT2D eigenvalue weighted by Gasteiger charge is -2.25. The fourth-order valence-corrected chi connectivity index (χ4v) is 4.08. The van der Waals surface area contributed by atoms with Gasteiger partial charge in [0, 0.05) is 18.2 Å².